The van der Waals surface area contributed by atoms with Gasteiger partial charge in [-0.1, -0.05) is 6.07 Å². The molecule has 0 saturated carbocycles. The van der Waals surface area contributed by atoms with Crippen LogP contribution in [0.5, 0.6) is 0 Å². The molecule has 0 aliphatic rings. The second-order valence-corrected chi connectivity index (χ2v) is 4.51. The Morgan fingerprint density at radius 1 is 1.38 bits per heavy atom. The molecule has 21 heavy (non-hydrogen) atoms. The van der Waals surface area contributed by atoms with Crippen LogP contribution < -0.4 is 10.6 Å². The van der Waals surface area contributed by atoms with E-state index in [4.69, 9.17) is 5.26 Å². The summed E-state index contributed by atoms with van der Waals surface area (Å²) in [5.41, 5.74) is 3.15. The third kappa shape index (κ3) is 3.76. The maximum atomic E-state index is 11.2. The van der Waals surface area contributed by atoms with Gasteiger partial charge in [0.1, 0.15) is 11.8 Å². The lowest BCUT2D eigenvalue weighted by Crippen LogP contribution is -2.11. The second kappa shape index (κ2) is 6.48. The first kappa shape index (κ1) is 14.5. The molecule has 1 aromatic carbocycles. The standard InChI is InChI=1S/C15H16N4O2/c1-19-10-11(6-14(19)8-16)9-17-12-4-3-5-13(7-12)18-15(20)21-2/h3-7,10,17H,9H2,1-2H3,(H,18,20). The third-order valence-electron chi connectivity index (χ3n) is 2.97. The van der Waals surface area contributed by atoms with Gasteiger partial charge < -0.3 is 14.6 Å². The lowest BCUT2D eigenvalue weighted by molar-refractivity contribution is 0.187. The highest BCUT2D eigenvalue weighted by Gasteiger charge is 2.04. The number of hydrogen-bond donors (Lipinski definition) is 2. The largest absolute Gasteiger partial charge is 0.453 e. The van der Waals surface area contributed by atoms with Crippen LogP contribution in [0.25, 0.3) is 0 Å². The van der Waals surface area contributed by atoms with Crippen molar-refractivity contribution in [2.75, 3.05) is 17.7 Å². The van der Waals surface area contributed by atoms with Crippen LogP contribution in [0, 0.1) is 11.3 Å². The Balaban J connectivity index is 2.01. The van der Waals surface area contributed by atoms with Gasteiger partial charge in [0.2, 0.25) is 0 Å². The lowest BCUT2D eigenvalue weighted by Gasteiger charge is -2.08. The molecule has 0 aliphatic carbocycles. The molecule has 0 radical (unpaired) electrons. The summed E-state index contributed by atoms with van der Waals surface area (Å²) in [6.45, 7) is 0.594. The van der Waals surface area contributed by atoms with Crippen molar-refractivity contribution in [2.45, 2.75) is 6.54 Å². The predicted molar refractivity (Wildman–Crippen MR) is 79.9 cm³/mol. The molecule has 0 saturated heterocycles. The molecule has 1 amide bonds. The molecule has 0 aliphatic heterocycles. The molecule has 0 unspecified atom stereocenters. The molecule has 6 nitrogen and oxygen atoms in total. The molecule has 1 aromatic heterocycles. The SMILES string of the molecule is COC(=O)Nc1cccc(NCc2cc(C#N)n(C)c2)c1. The van der Waals surface area contributed by atoms with Crippen LogP contribution >= 0.6 is 0 Å². The van der Waals surface area contributed by atoms with Gasteiger partial charge in [0.25, 0.3) is 0 Å². The summed E-state index contributed by atoms with van der Waals surface area (Å²) in [5.74, 6) is 0. The van der Waals surface area contributed by atoms with Crippen LogP contribution in [0.4, 0.5) is 16.2 Å². The van der Waals surface area contributed by atoms with E-state index in [2.05, 4.69) is 21.4 Å². The molecule has 0 fully saturated rings. The smallest absolute Gasteiger partial charge is 0.411 e. The third-order valence-corrected chi connectivity index (χ3v) is 2.97. The number of hydrogen-bond acceptors (Lipinski definition) is 4. The quantitative estimate of drug-likeness (QED) is 0.904. The highest BCUT2D eigenvalue weighted by atomic mass is 16.5. The lowest BCUT2D eigenvalue weighted by atomic mass is 10.2. The molecule has 1 heterocycles. The molecule has 2 aromatic rings. The molecular weight excluding hydrogens is 268 g/mol. The normalized spacial score (nSPS) is 9.76. The van der Waals surface area contributed by atoms with Gasteiger partial charge in [-0.15, -0.1) is 0 Å². The number of rotatable bonds is 4. The summed E-state index contributed by atoms with van der Waals surface area (Å²) in [6.07, 6.45) is 1.40. The van der Waals surface area contributed by atoms with Crippen LogP contribution in [0.2, 0.25) is 0 Å². The fraction of sp³-hybridized carbons (Fsp3) is 0.200. The predicted octanol–water partition coefficient (Wildman–Crippen LogP) is 2.69. The zero-order valence-corrected chi connectivity index (χ0v) is 11.9. The van der Waals surface area contributed by atoms with Gasteiger partial charge in [-0.3, -0.25) is 5.32 Å². The number of nitriles is 1. The monoisotopic (exact) mass is 284 g/mol. The van der Waals surface area contributed by atoms with Gasteiger partial charge in [-0.05, 0) is 29.8 Å². The first-order chi connectivity index (χ1) is 10.1. The molecule has 0 atom stereocenters. The Morgan fingerprint density at radius 2 is 2.14 bits per heavy atom. The minimum Gasteiger partial charge on any atom is -0.453 e. The first-order valence-electron chi connectivity index (χ1n) is 6.36. The van der Waals surface area contributed by atoms with E-state index in [9.17, 15) is 4.79 Å². The van der Waals surface area contributed by atoms with E-state index in [1.807, 2.05) is 37.5 Å². The van der Waals surface area contributed by atoms with Gasteiger partial charge in [0.15, 0.2) is 0 Å². The fourth-order valence-electron chi connectivity index (χ4n) is 1.92. The number of amides is 1. The van der Waals surface area contributed by atoms with Crippen LogP contribution in [0.15, 0.2) is 36.5 Å². The van der Waals surface area contributed by atoms with Crippen molar-refractivity contribution in [1.29, 1.82) is 5.26 Å². The van der Waals surface area contributed by atoms with Crippen molar-refractivity contribution >= 4 is 17.5 Å². The maximum Gasteiger partial charge on any atom is 0.411 e. The Morgan fingerprint density at radius 3 is 2.81 bits per heavy atom. The van der Waals surface area contributed by atoms with E-state index in [-0.39, 0.29) is 0 Å². The zero-order valence-electron chi connectivity index (χ0n) is 11.9. The number of methoxy groups -OCH3 is 1. The molecule has 2 N–H and O–H groups in total. The van der Waals surface area contributed by atoms with E-state index in [1.54, 1.807) is 10.6 Å². The number of nitrogens with zero attached hydrogens (tertiary/aromatic N) is 2. The average Bonchev–Trinajstić information content (AvgIpc) is 2.85. The molecule has 0 spiro atoms. The molecule has 108 valence electrons. The van der Waals surface area contributed by atoms with E-state index in [0.29, 0.717) is 17.9 Å². The minimum absolute atomic E-state index is 0.506. The number of carbonyl (C=O) groups excluding carboxylic acids is 1. The highest BCUT2D eigenvalue weighted by Crippen LogP contribution is 2.16. The van der Waals surface area contributed by atoms with E-state index in [1.165, 1.54) is 7.11 Å². The summed E-state index contributed by atoms with van der Waals surface area (Å²) >= 11 is 0. The fourth-order valence-corrected chi connectivity index (χ4v) is 1.92. The Kier molecular flexibility index (Phi) is 4.46. The van der Waals surface area contributed by atoms with Crippen molar-refractivity contribution in [1.82, 2.24) is 4.57 Å². The van der Waals surface area contributed by atoms with Gasteiger partial charge in [0.05, 0.1) is 7.11 Å². The minimum atomic E-state index is -0.506. The molecule has 0 bridgehead atoms. The number of benzene rings is 1. The van der Waals surface area contributed by atoms with Gasteiger partial charge in [-0.2, -0.15) is 5.26 Å². The number of nitrogens with one attached hydrogen (secondary N) is 2. The van der Waals surface area contributed by atoms with Crippen LogP contribution in [0.1, 0.15) is 11.3 Å². The van der Waals surface area contributed by atoms with Crippen molar-refractivity contribution in [3.63, 3.8) is 0 Å². The topological polar surface area (TPSA) is 79.1 Å². The van der Waals surface area contributed by atoms with Crippen molar-refractivity contribution in [3.05, 3.63) is 47.8 Å². The number of anilines is 2. The Hall–Kier alpha value is -2.94. The first-order valence-corrected chi connectivity index (χ1v) is 6.36. The van der Waals surface area contributed by atoms with Crippen molar-refractivity contribution < 1.29 is 9.53 Å². The van der Waals surface area contributed by atoms with Crippen LogP contribution in [0.3, 0.4) is 0 Å². The molecular formula is C15H16N4O2. The Labute approximate surface area is 122 Å². The zero-order chi connectivity index (χ0) is 15.2. The van der Waals surface area contributed by atoms with Gasteiger partial charge in [0, 0.05) is 31.2 Å². The van der Waals surface area contributed by atoms with Crippen molar-refractivity contribution in [2.24, 2.45) is 7.05 Å². The van der Waals surface area contributed by atoms with Gasteiger partial charge >= 0.3 is 6.09 Å². The summed E-state index contributed by atoms with van der Waals surface area (Å²) in [5, 5.41) is 14.8. The Bertz CT molecular complexity index is 685. The summed E-state index contributed by atoms with van der Waals surface area (Å²) < 4.78 is 6.33. The maximum absolute atomic E-state index is 11.2. The van der Waals surface area contributed by atoms with Crippen molar-refractivity contribution in [3.8, 4) is 6.07 Å². The summed E-state index contributed by atoms with van der Waals surface area (Å²) in [4.78, 5) is 11.2. The number of ether oxygens (including phenoxy) is 1. The average molecular weight is 284 g/mol. The molecule has 6 heteroatoms. The number of carbonyl (C=O) groups is 1. The second-order valence-electron chi connectivity index (χ2n) is 4.51. The van der Waals surface area contributed by atoms with Crippen LogP contribution in [-0.4, -0.2) is 17.8 Å². The van der Waals surface area contributed by atoms with Crippen LogP contribution in [-0.2, 0) is 18.3 Å². The van der Waals surface area contributed by atoms with E-state index < -0.39 is 6.09 Å². The van der Waals surface area contributed by atoms with Gasteiger partial charge in [-0.25, -0.2) is 4.79 Å². The highest BCUT2D eigenvalue weighted by molar-refractivity contribution is 5.85. The number of aromatic nitrogens is 1. The summed E-state index contributed by atoms with van der Waals surface area (Å²) in [6, 6.07) is 11.3. The summed E-state index contributed by atoms with van der Waals surface area (Å²) in [7, 11) is 3.16. The molecule has 2 rings (SSSR count). The van der Waals surface area contributed by atoms with E-state index in [0.717, 1.165) is 11.3 Å². The number of aryl methyl sites for hydroxylation is 1. The van der Waals surface area contributed by atoms with E-state index >= 15 is 0 Å².